The van der Waals surface area contributed by atoms with Crippen molar-refractivity contribution in [3.63, 3.8) is 0 Å². The highest BCUT2D eigenvalue weighted by molar-refractivity contribution is 8.00. The van der Waals surface area contributed by atoms with Gasteiger partial charge in [0.15, 0.2) is 0 Å². The molecule has 1 saturated heterocycles. The van der Waals surface area contributed by atoms with Gasteiger partial charge < -0.3 is 9.32 Å². The first kappa shape index (κ1) is 20.6. The summed E-state index contributed by atoms with van der Waals surface area (Å²) in [4.78, 5) is 17.2. The molecule has 156 valence electrons. The molecule has 7 heteroatoms. The number of aryl methyl sites for hydroxylation is 1. The third kappa shape index (κ3) is 5.09. The summed E-state index contributed by atoms with van der Waals surface area (Å²) >= 11 is 1.32. The molecule has 0 N–H and O–H groups in total. The van der Waals surface area contributed by atoms with Crippen LogP contribution in [0.2, 0.25) is 0 Å². The van der Waals surface area contributed by atoms with E-state index < -0.39 is 0 Å². The Morgan fingerprint density at radius 3 is 2.57 bits per heavy atom. The molecule has 1 amide bonds. The predicted molar refractivity (Wildman–Crippen MR) is 118 cm³/mol. The van der Waals surface area contributed by atoms with Gasteiger partial charge in [-0.1, -0.05) is 59.8 Å². The number of nitrogens with zero attached hydrogens (tertiary/aromatic N) is 4. The summed E-state index contributed by atoms with van der Waals surface area (Å²) in [5, 5.41) is 8.41. The summed E-state index contributed by atoms with van der Waals surface area (Å²) in [5.74, 6) is 0.602. The summed E-state index contributed by atoms with van der Waals surface area (Å²) in [6.45, 7) is 8.11. The lowest BCUT2D eigenvalue weighted by Crippen LogP contribution is -2.50. The third-order valence-electron chi connectivity index (χ3n) is 5.23. The SMILES string of the molecule is Cc1cccc(-c2nnc(SC(C)C(=O)N3CCN(Cc4ccccc4)CC3)o2)c1. The number of hydrogen-bond acceptors (Lipinski definition) is 6. The quantitative estimate of drug-likeness (QED) is 0.562. The minimum atomic E-state index is -0.267. The van der Waals surface area contributed by atoms with Crippen molar-refractivity contribution in [1.82, 2.24) is 20.0 Å². The molecule has 0 spiro atoms. The average Bonchev–Trinajstić information content (AvgIpc) is 3.23. The molecule has 0 aliphatic carbocycles. The fourth-order valence-electron chi connectivity index (χ4n) is 3.58. The van der Waals surface area contributed by atoms with Crippen molar-refractivity contribution in [2.75, 3.05) is 26.2 Å². The summed E-state index contributed by atoms with van der Waals surface area (Å²) in [6.07, 6.45) is 0. The van der Waals surface area contributed by atoms with Crippen molar-refractivity contribution in [2.45, 2.75) is 30.9 Å². The predicted octanol–water partition coefficient (Wildman–Crippen LogP) is 3.87. The molecule has 1 atom stereocenters. The first-order valence-corrected chi connectivity index (χ1v) is 11.1. The lowest BCUT2D eigenvalue weighted by atomic mass is 10.1. The maximum absolute atomic E-state index is 12.9. The fraction of sp³-hybridized carbons (Fsp3) is 0.348. The number of aromatic nitrogens is 2. The Balaban J connectivity index is 1.29. The molecule has 1 fully saturated rings. The van der Waals surface area contributed by atoms with Crippen LogP contribution in [0.25, 0.3) is 11.5 Å². The van der Waals surface area contributed by atoms with E-state index in [4.69, 9.17) is 4.42 Å². The molecule has 6 nitrogen and oxygen atoms in total. The second-order valence-electron chi connectivity index (χ2n) is 7.59. The second-order valence-corrected chi connectivity index (χ2v) is 8.88. The van der Waals surface area contributed by atoms with E-state index in [1.165, 1.54) is 17.3 Å². The number of rotatable bonds is 6. The van der Waals surface area contributed by atoms with E-state index in [-0.39, 0.29) is 11.2 Å². The van der Waals surface area contributed by atoms with Gasteiger partial charge in [0.25, 0.3) is 5.22 Å². The summed E-state index contributed by atoms with van der Waals surface area (Å²) in [7, 11) is 0. The highest BCUT2D eigenvalue weighted by Crippen LogP contribution is 2.27. The summed E-state index contributed by atoms with van der Waals surface area (Å²) in [5.41, 5.74) is 3.33. The van der Waals surface area contributed by atoms with Gasteiger partial charge in [-0.15, -0.1) is 10.2 Å². The summed E-state index contributed by atoms with van der Waals surface area (Å²) in [6, 6.07) is 18.4. The van der Waals surface area contributed by atoms with Crippen LogP contribution in [0.5, 0.6) is 0 Å². The smallest absolute Gasteiger partial charge is 0.277 e. The molecule has 0 radical (unpaired) electrons. The van der Waals surface area contributed by atoms with Gasteiger partial charge in [0.1, 0.15) is 0 Å². The first-order chi connectivity index (χ1) is 14.6. The van der Waals surface area contributed by atoms with E-state index >= 15 is 0 Å². The molecule has 1 aromatic heterocycles. The average molecular weight is 423 g/mol. The Bertz CT molecular complexity index is 984. The van der Waals surface area contributed by atoms with Crippen LogP contribution < -0.4 is 0 Å². The van der Waals surface area contributed by atoms with Crippen LogP contribution in [-0.2, 0) is 11.3 Å². The maximum Gasteiger partial charge on any atom is 0.277 e. The third-order valence-corrected chi connectivity index (χ3v) is 6.15. The van der Waals surface area contributed by atoms with Crippen molar-refractivity contribution >= 4 is 17.7 Å². The molecular weight excluding hydrogens is 396 g/mol. The Kier molecular flexibility index (Phi) is 6.50. The second kappa shape index (κ2) is 9.45. The van der Waals surface area contributed by atoms with Gasteiger partial charge in [0.05, 0.1) is 5.25 Å². The van der Waals surface area contributed by atoms with E-state index in [0.717, 1.165) is 43.9 Å². The Hall–Kier alpha value is -2.64. The van der Waals surface area contributed by atoms with Crippen LogP contribution in [0.15, 0.2) is 64.2 Å². The number of piperazine rings is 1. The van der Waals surface area contributed by atoms with Crippen molar-refractivity contribution in [3.05, 3.63) is 65.7 Å². The minimum absolute atomic E-state index is 0.120. The first-order valence-electron chi connectivity index (χ1n) is 10.2. The van der Waals surface area contributed by atoms with Crippen LogP contribution in [0, 0.1) is 6.92 Å². The van der Waals surface area contributed by atoms with E-state index in [0.29, 0.717) is 11.1 Å². The standard InChI is InChI=1S/C23H26N4O2S/c1-17-7-6-10-20(15-17)21-24-25-23(29-21)30-18(2)22(28)27-13-11-26(12-14-27)16-19-8-4-3-5-9-19/h3-10,15,18H,11-14,16H2,1-2H3. The Labute approximate surface area is 181 Å². The molecule has 2 aromatic carbocycles. The fourth-order valence-corrected chi connectivity index (χ4v) is 4.35. The van der Waals surface area contributed by atoms with E-state index in [9.17, 15) is 4.79 Å². The normalized spacial score (nSPS) is 15.9. The number of carbonyl (C=O) groups is 1. The van der Waals surface area contributed by atoms with Crippen LogP contribution in [-0.4, -0.2) is 57.3 Å². The number of thioether (sulfide) groups is 1. The van der Waals surface area contributed by atoms with Gasteiger partial charge in [-0.3, -0.25) is 9.69 Å². The van der Waals surface area contributed by atoms with Crippen molar-refractivity contribution < 1.29 is 9.21 Å². The molecule has 0 bridgehead atoms. The molecule has 1 aliphatic rings. The van der Waals surface area contributed by atoms with Gasteiger partial charge in [-0.2, -0.15) is 0 Å². The zero-order chi connectivity index (χ0) is 20.9. The highest BCUT2D eigenvalue weighted by Gasteiger charge is 2.27. The van der Waals surface area contributed by atoms with Gasteiger partial charge in [0, 0.05) is 38.3 Å². The number of hydrogen-bond donors (Lipinski definition) is 0. The van der Waals surface area contributed by atoms with Gasteiger partial charge >= 0.3 is 0 Å². The number of benzene rings is 2. The molecule has 2 heterocycles. The van der Waals surface area contributed by atoms with Gasteiger partial charge in [-0.05, 0) is 31.5 Å². The lowest BCUT2D eigenvalue weighted by molar-refractivity contribution is -0.132. The minimum Gasteiger partial charge on any atom is -0.411 e. The monoisotopic (exact) mass is 422 g/mol. The largest absolute Gasteiger partial charge is 0.411 e. The zero-order valence-corrected chi connectivity index (χ0v) is 18.1. The highest BCUT2D eigenvalue weighted by atomic mass is 32.2. The molecule has 4 rings (SSSR count). The molecular formula is C23H26N4O2S. The van der Waals surface area contributed by atoms with Gasteiger partial charge in [-0.25, -0.2) is 0 Å². The van der Waals surface area contributed by atoms with Gasteiger partial charge in [0.2, 0.25) is 11.8 Å². The Morgan fingerprint density at radius 2 is 1.83 bits per heavy atom. The van der Waals surface area contributed by atoms with Crippen LogP contribution >= 0.6 is 11.8 Å². The Morgan fingerprint density at radius 1 is 1.07 bits per heavy atom. The summed E-state index contributed by atoms with van der Waals surface area (Å²) < 4.78 is 5.78. The molecule has 1 unspecified atom stereocenters. The van der Waals surface area contributed by atoms with Crippen LogP contribution in [0.3, 0.4) is 0 Å². The van der Waals surface area contributed by atoms with E-state index in [1.807, 2.05) is 49.1 Å². The lowest BCUT2D eigenvalue weighted by Gasteiger charge is -2.35. The van der Waals surface area contributed by atoms with Crippen LogP contribution in [0.4, 0.5) is 0 Å². The van der Waals surface area contributed by atoms with Crippen LogP contribution in [0.1, 0.15) is 18.1 Å². The van der Waals surface area contributed by atoms with Crippen molar-refractivity contribution in [2.24, 2.45) is 0 Å². The number of carbonyl (C=O) groups excluding carboxylic acids is 1. The zero-order valence-electron chi connectivity index (χ0n) is 17.3. The topological polar surface area (TPSA) is 62.5 Å². The molecule has 0 saturated carbocycles. The molecule has 1 aliphatic heterocycles. The molecule has 3 aromatic rings. The van der Waals surface area contributed by atoms with E-state index in [2.05, 4.69) is 39.4 Å². The molecule has 30 heavy (non-hydrogen) atoms. The van der Waals surface area contributed by atoms with E-state index in [1.54, 1.807) is 0 Å². The number of amides is 1. The van der Waals surface area contributed by atoms with Crippen molar-refractivity contribution in [1.29, 1.82) is 0 Å². The maximum atomic E-state index is 12.9. The van der Waals surface area contributed by atoms with Crippen molar-refractivity contribution in [3.8, 4) is 11.5 Å².